The fourth-order valence-electron chi connectivity index (χ4n) is 3.05. The lowest BCUT2D eigenvalue weighted by Crippen LogP contribution is -2.27. The summed E-state index contributed by atoms with van der Waals surface area (Å²) in [5.41, 5.74) is 1.19. The number of ether oxygens (including phenoxy) is 1. The highest BCUT2D eigenvalue weighted by Gasteiger charge is 2.26. The summed E-state index contributed by atoms with van der Waals surface area (Å²) in [6.45, 7) is 1.30. The summed E-state index contributed by atoms with van der Waals surface area (Å²) in [7, 11) is 0. The molecular formula is C15H13Cl2N3O3. The third-order valence-electron chi connectivity index (χ3n) is 4.13. The Balaban J connectivity index is 1.92. The Morgan fingerprint density at radius 3 is 2.57 bits per heavy atom. The van der Waals surface area contributed by atoms with Gasteiger partial charge in [-0.3, -0.25) is 14.3 Å². The van der Waals surface area contributed by atoms with E-state index in [1.54, 1.807) is 21.5 Å². The van der Waals surface area contributed by atoms with Crippen molar-refractivity contribution in [2.45, 2.75) is 25.9 Å². The number of anilines is 1. The van der Waals surface area contributed by atoms with Gasteiger partial charge < -0.3 is 10.1 Å². The molecule has 2 aliphatic rings. The van der Waals surface area contributed by atoms with E-state index in [1.165, 1.54) is 0 Å². The highest BCUT2D eigenvalue weighted by Crippen LogP contribution is 2.40. The largest absolute Gasteiger partial charge is 0.482 e. The maximum atomic E-state index is 12.7. The van der Waals surface area contributed by atoms with Crippen molar-refractivity contribution in [3.8, 4) is 16.9 Å². The van der Waals surface area contributed by atoms with Gasteiger partial charge in [0.15, 0.2) is 6.61 Å². The number of benzene rings is 1. The van der Waals surface area contributed by atoms with Crippen molar-refractivity contribution in [1.29, 1.82) is 0 Å². The van der Waals surface area contributed by atoms with Crippen LogP contribution in [0.1, 0.15) is 12.8 Å². The summed E-state index contributed by atoms with van der Waals surface area (Å²) in [4.78, 5) is 24.2. The van der Waals surface area contributed by atoms with Crippen molar-refractivity contribution in [2.75, 3.05) is 11.9 Å². The molecule has 2 aliphatic heterocycles. The first-order valence-corrected chi connectivity index (χ1v) is 8.07. The average molecular weight is 354 g/mol. The number of fused-ring (bicyclic) bond motifs is 2. The molecule has 0 atom stereocenters. The molecular weight excluding hydrogens is 341 g/mol. The van der Waals surface area contributed by atoms with Gasteiger partial charge >= 0.3 is 0 Å². The van der Waals surface area contributed by atoms with E-state index < -0.39 is 0 Å². The van der Waals surface area contributed by atoms with E-state index in [0.29, 0.717) is 45.8 Å². The quantitative estimate of drug-likeness (QED) is 0.857. The Labute approximate surface area is 141 Å². The average Bonchev–Trinajstić information content (AvgIpc) is 2.79. The van der Waals surface area contributed by atoms with Gasteiger partial charge in [0, 0.05) is 24.7 Å². The van der Waals surface area contributed by atoms with Gasteiger partial charge in [0.1, 0.15) is 10.9 Å². The van der Waals surface area contributed by atoms with Gasteiger partial charge in [-0.15, -0.1) is 0 Å². The minimum Gasteiger partial charge on any atom is -0.482 e. The lowest BCUT2D eigenvalue weighted by molar-refractivity contribution is -0.118. The predicted molar refractivity (Wildman–Crippen MR) is 87.5 cm³/mol. The molecule has 1 aromatic heterocycles. The van der Waals surface area contributed by atoms with Gasteiger partial charge in [0.05, 0.1) is 16.3 Å². The molecule has 0 radical (unpaired) electrons. The number of hydrogen-bond donors (Lipinski definition) is 1. The van der Waals surface area contributed by atoms with Crippen molar-refractivity contribution in [2.24, 2.45) is 0 Å². The summed E-state index contributed by atoms with van der Waals surface area (Å²) in [6, 6.07) is 3.24. The number of halogens is 2. The Morgan fingerprint density at radius 2 is 1.83 bits per heavy atom. The van der Waals surface area contributed by atoms with Crippen LogP contribution >= 0.6 is 23.2 Å². The number of nitrogens with one attached hydrogen (secondary N) is 1. The highest BCUT2D eigenvalue weighted by atomic mass is 35.5. The van der Waals surface area contributed by atoms with Crippen LogP contribution in [0, 0.1) is 0 Å². The first kappa shape index (κ1) is 14.7. The Hall–Kier alpha value is -1.92. The molecule has 0 fully saturated rings. The van der Waals surface area contributed by atoms with Crippen molar-refractivity contribution >= 4 is 34.8 Å². The Morgan fingerprint density at radius 1 is 1.09 bits per heavy atom. The summed E-state index contributed by atoms with van der Waals surface area (Å²) >= 11 is 12.8. The van der Waals surface area contributed by atoms with Crippen LogP contribution in [-0.4, -0.2) is 21.9 Å². The molecule has 0 aliphatic carbocycles. The molecule has 2 aromatic rings. The van der Waals surface area contributed by atoms with Crippen LogP contribution in [0.5, 0.6) is 5.75 Å². The summed E-state index contributed by atoms with van der Waals surface area (Å²) in [6.07, 6.45) is 1.93. The SMILES string of the molecule is O=C1COc2cc(Cl)c(-c3c(Cl)n4n(c3=O)CCCC4)cc2N1. The molecule has 1 aromatic carbocycles. The number of carbonyl (C=O) groups is 1. The first-order chi connectivity index (χ1) is 11.1. The number of rotatable bonds is 1. The smallest absolute Gasteiger partial charge is 0.276 e. The van der Waals surface area contributed by atoms with Crippen LogP contribution in [0.15, 0.2) is 16.9 Å². The Bertz CT molecular complexity index is 885. The second-order valence-corrected chi connectivity index (χ2v) is 6.35. The van der Waals surface area contributed by atoms with Crippen molar-refractivity contribution in [1.82, 2.24) is 9.36 Å². The fraction of sp³-hybridized carbons (Fsp3) is 0.333. The molecule has 23 heavy (non-hydrogen) atoms. The maximum Gasteiger partial charge on any atom is 0.276 e. The summed E-state index contributed by atoms with van der Waals surface area (Å²) in [5, 5.41) is 3.45. The molecule has 120 valence electrons. The molecule has 1 amide bonds. The van der Waals surface area contributed by atoms with E-state index in [-0.39, 0.29) is 18.1 Å². The van der Waals surface area contributed by atoms with Gasteiger partial charge in [0.2, 0.25) is 0 Å². The van der Waals surface area contributed by atoms with E-state index in [2.05, 4.69) is 5.32 Å². The monoisotopic (exact) mass is 353 g/mol. The van der Waals surface area contributed by atoms with Crippen molar-refractivity contribution < 1.29 is 9.53 Å². The fourth-order valence-corrected chi connectivity index (χ4v) is 3.65. The topological polar surface area (TPSA) is 65.3 Å². The molecule has 0 saturated heterocycles. The van der Waals surface area contributed by atoms with E-state index in [9.17, 15) is 9.59 Å². The second-order valence-electron chi connectivity index (χ2n) is 5.59. The molecule has 3 heterocycles. The van der Waals surface area contributed by atoms with Crippen molar-refractivity contribution in [3.05, 3.63) is 32.7 Å². The summed E-state index contributed by atoms with van der Waals surface area (Å²) < 4.78 is 8.76. The third kappa shape index (κ3) is 2.24. The standard InChI is InChI=1S/C15H13Cl2N3O3/c16-9-6-11-10(18-12(21)7-23-11)5-8(9)13-14(17)19-3-1-2-4-20(19)15(13)22/h5-6H,1-4,7H2,(H,18,21). The summed E-state index contributed by atoms with van der Waals surface area (Å²) in [5.74, 6) is 0.239. The second kappa shape index (κ2) is 5.32. The van der Waals surface area contributed by atoms with Crippen LogP contribution in [0.2, 0.25) is 10.2 Å². The van der Waals surface area contributed by atoms with Crippen LogP contribution in [0.3, 0.4) is 0 Å². The molecule has 6 nitrogen and oxygen atoms in total. The number of carbonyl (C=O) groups excluding carboxylic acids is 1. The lowest BCUT2D eigenvalue weighted by atomic mass is 10.1. The minimum absolute atomic E-state index is 0.0490. The van der Waals surface area contributed by atoms with Gasteiger partial charge in [-0.2, -0.15) is 0 Å². The molecule has 0 bridgehead atoms. The Kier molecular flexibility index (Phi) is 3.39. The number of nitrogens with zero attached hydrogens (tertiary/aromatic N) is 2. The van der Waals surface area contributed by atoms with Crippen LogP contribution in [-0.2, 0) is 17.9 Å². The zero-order chi connectivity index (χ0) is 16.1. The number of amides is 1. The lowest BCUT2D eigenvalue weighted by Gasteiger charge is -2.19. The van der Waals surface area contributed by atoms with Crippen LogP contribution < -0.4 is 15.6 Å². The van der Waals surface area contributed by atoms with E-state index in [1.807, 2.05) is 0 Å². The zero-order valence-corrected chi connectivity index (χ0v) is 13.6. The minimum atomic E-state index is -0.246. The molecule has 8 heteroatoms. The molecule has 1 N–H and O–H groups in total. The molecule has 4 rings (SSSR count). The van der Waals surface area contributed by atoms with Crippen LogP contribution in [0.4, 0.5) is 5.69 Å². The van der Waals surface area contributed by atoms with E-state index in [0.717, 1.165) is 12.8 Å². The third-order valence-corrected chi connectivity index (χ3v) is 4.83. The number of hydrogen-bond acceptors (Lipinski definition) is 3. The van der Waals surface area contributed by atoms with Gasteiger partial charge in [-0.25, -0.2) is 4.68 Å². The van der Waals surface area contributed by atoms with Gasteiger partial charge in [-0.1, -0.05) is 23.2 Å². The molecule has 0 spiro atoms. The predicted octanol–water partition coefficient (Wildman–Crippen LogP) is 2.75. The number of aromatic nitrogens is 2. The van der Waals surface area contributed by atoms with Gasteiger partial charge in [-0.05, 0) is 18.9 Å². The van der Waals surface area contributed by atoms with Crippen molar-refractivity contribution in [3.63, 3.8) is 0 Å². The van der Waals surface area contributed by atoms with Gasteiger partial charge in [0.25, 0.3) is 11.5 Å². The van der Waals surface area contributed by atoms with E-state index in [4.69, 9.17) is 27.9 Å². The highest BCUT2D eigenvalue weighted by molar-refractivity contribution is 6.36. The van der Waals surface area contributed by atoms with E-state index >= 15 is 0 Å². The maximum absolute atomic E-state index is 12.7. The molecule has 0 saturated carbocycles. The molecule has 0 unspecified atom stereocenters. The zero-order valence-electron chi connectivity index (χ0n) is 12.1. The first-order valence-electron chi connectivity index (χ1n) is 7.32. The normalized spacial score (nSPS) is 16.3. The van der Waals surface area contributed by atoms with Crippen LogP contribution in [0.25, 0.3) is 11.1 Å².